The molecule has 0 aromatic heterocycles. The zero-order chi connectivity index (χ0) is 24.2. The van der Waals surface area contributed by atoms with E-state index in [1.807, 2.05) is 38.4 Å². The molecular weight excluding hydrogens is 437 g/mol. The zero-order valence-electron chi connectivity index (χ0n) is 18.8. The fraction of sp³-hybridized carbons (Fsp3) is 0.154. The zero-order valence-corrected chi connectivity index (χ0v) is 18.8. The molecule has 3 aromatic carbocycles. The summed E-state index contributed by atoms with van der Waals surface area (Å²) in [6.45, 7) is 0.303. The normalized spacial score (nSPS) is 13.9. The fourth-order valence-electron chi connectivity index (χ4n) is 3.76. The molecule has 1 amide bonds. The molecule has 0 aliphatic carbocycles. The van der Waals surface area contributed by atoms with Crippen LogP contribution in [0.1, 0.15) is 16.7 Å². The molecular formula is C26H24FN3O4. The van der Waals surface area contributed by atoms with Crippen molar-refractivity contribution in [2.75, 3.05) is 31.3 Å². The van der Waals surface area contributed by atoms with Gasteiger partial charge in [0.05, 0.1) is 17.0 Å². The molecule has 8 heteroatoms. The SMILES string of the molecule is CN(C)Cc1ccc(N/C(=C2\C(=O)Nc3cc(F)ccc32)c2cccc(OCC(=O)O)c2)cc1. The molecule has 7 nitrogen and oxygen atoms in total. The molecule has 174 valence electrons. The molecule has 0 unspecified atom stereocenters. The second-order valence-electron chi connectivity index (χ2n) is 8.16. The van der Waals surface area contributed by atoms with Gasteiger partial charge in [-0.15, -0.1) is 0 Å². The maximum atomic E-state index is 13.8. The number of aliphatic carboxylic acids is 1. The van der Waals surface area contributed by atoms with Crippen molar-refractivity contribution in [3.05, 3.63) is 89.2 Å². The Morgan fingerprint density at radius 2 is 1.85 bits per heavy atom. The largest absolute Gasteiger partial charge is 0.482 e. The third-order valence-electron chi connectivity index (χ3n) is 5.18. The average Bonchev–Trinajstić information content (AvgIpc) is 3.11. The van der Waals surface area contributed by atoms with Crippen molar-refractivity contribution in [1.29, 1.82) is 0 Å². The Morgan fingerprint density at radius 3 is 2.56 bits per heavy atom. The van der Waals surface area contributed by atoms with Gasteiger partial charge in [-0.2, -0.15) is 0 Å². The van der Waals surface area contributed by atoms with Crippen molar-refractivity contribution in [1.82, 2.24) is 4.90 Å². The molecule has 0 saturated heterocycles. The van der Waals surface area contributed by atoms with Crippen LogP contribution >= 0.6 is 0 Å². The minimum Gasteiger partial charge on any atom is -0.482 e. The number of carbonyl (C=O) groups is 2. The van der Waals surface area contributed by atoms with Crippen molar-refractivity contribution >= 4 is 34.5 Å². The molecule has 0 spiro atoms. The molecule has 0 atom stereocenters. The van der Waals surface area contributed by atoms with Gasteiger partial charge in [-0.3, -0.25) is 4.79 Å². The number of rotatable bonds is 8. The highest BCUT2D eigenvalue weighted by Crippen LogP contribution is 2.38. The van der Waals surface area contributed by atoms with Gasteiger partial charge < -0.3 is 25.4 Å². The molecule has 0 fully saturated rings. The van der Waals surface area contributed by atoms with Crippen molar-refractivity contribution in [2.45, 2.75) is 6.54 Å². The van der Waals surface area contributed by atoms with Gasteiger partial charge in [-0.25, -0.2) is 9.18 Å². The van der Waals surface area contributed by atoms with E-state index in [4.69, 9.17) is 9.84 Å². The van der Waals surface area contributed by atoms with Crippen molar-refractivity contribution in [2.24, 2.45) is 0 Å². The second kappa shape index (κ2) is 9.76. The number of nitrogens with one attached hydrogen (secondary N) is 2. The van der Waals surface area contributed by atoms with Crippen LogP contribution < -0.4 is 15.4 Å². The van der Waals surface area contributed by atoms with Crippen LogP contribution in [-0.4, -0.2) is 42.6 Å². The number of ether oxygens (including phenoxy) is 1. The monoisotopic (exact) mass is 461 g/mol. The number of hydrogen-bond acceptors (Lipinski definition) is 5. The second-order valence-corrected chi connectivity index (χ2v) is 8.16. The van der Waals surface area contributed by atoms with E-state index in [2.05, 4.69) is 15.5 Å². The van der Waals surface area contributed by atoms with Crippen molar-refractivity contribution in [3.8, 4) is 5.75 Å². The van der Waals surface area contributed by atoms with Crippen LogP contribution in [0.4, 0.5) is 15.8 Å². The molecule has 0 radical (unpaired) electrons. The highest BCUT2D eigenvalue weighted by molar-refractivity contribution is 6.37. The van der Waals surface area contributed by atoms with Crippen LogP contribution in [0.5, 0.6) is 5.75 Å². The molecule has 4 rings (SSSR count). The van der Waals surface area contributed by atoms with Crippen molar-refractivity contribution in [3.63, 3.8) is 0 Å². The van der Waals surface area contributed by atoms with Gasteiger partial charge in [-0.1, -0.05) is 24.3 Å². The summed E-state index contributed by atoms with van der Waals surface area (Å²) in [7, 11) is 3.99. The Kier molecular flexibility index (Phi) is 6.60. The molecule has 34 heavy (non-hydrogen) atoms. The number of hydrogen-bond donors (Lipinski definition) is 3. The standard InChI is InChI=1S/C26H24FN3O4/c1-30(2)14-16-6-9-19(10-7-16)28-25(17-4-3-5-20(12-17)34-15-23(31)32)24-21-11-8-18(27)13-22(21)29-26(24)33/h3-13,28H,14-15H2,1-2H3,(H,29,33)(H,31,32)/b25-24-. The molecule has 1 aliphatic rings. The van der Waals surface area contributed by atoms with Gasteiger partial charge in [0.15, 0.2) is 6.61 Å². The summed E-state index contributed by atoms with van der Waals surface area (Å²) in [5.41, 5.74) is 4.29. The predicted molar refractivity (Wildman–Crippen MR) is 129 cm³/mol. The van der Waals surface area contributed by atoms with Crippen LogP contribution in [0.3, 0.4) is 0 Å². The predicted octanol–water partition coefficient (Wildman–Crippen LogP) is 4.28. The molecule has 3 aromatic rings. The van der Waals surface area contributed by atoms with Gasteiger partial charge in [0.1, 0.15) is 11.6 Å². The lowest BCUT2D eigenvalue weighted by Gasteiger charge is -2.16. The smallest absolute Gasteiger partial charge is 0.341 e. The lowest BCUT2D eigenvalue weighted by molar-refractivity contribution is -0.139. The van der Waals surface area contributed by atoms with Gasteiger partial charge in [0.2, 0.25) is 0 Å². The molecule has 0 bridgehead atoms. The summed E-state index contributed by atoms with van der Waals surface area (Å²) in [6.07, 6.45) is 0. The van der Waals surface area contributed by atoms with E-state index < -0.39 is 18.4 Å². The maximum Gasteiger partial charge on any atom is 0.341 e. The van der Waals surface area contributed by atoms with E-state index in [9.17, 15) is 14.0 Å². The Balaban J connectivity index is 1.78. The number of anilines is 2. The third kappa shape index (κ3) is 5.24. The van der Waals surface area contributed by atoms with E-state index in [0.29, 0.717) is 33.8 Å². The number of carboxylic acids is 1. The van der Waals surface area contributed by atoms with E-state index in [-0.39, 0.29) is 5.91 Å². The Labute approximate surface area is 196 Å². The van der Waals surface area contributed by atoms with Gasteiger partial charge in [0, 0.05) is 23.4 Å². The van der Waals surface area contributed by atoms with Crippen LogP contribution in [0.15, 0.2) is 66.7 Å². The van der Waals surface area contributed by atoms with E-state index in [1.54, 1.807) is 30.3 Å². The van der Waals surface area contributed by atoms with Crippen LogP contribution in [0.25, 0.3) is 11.3 Å². The first kappa shape index (κ1) is 23.0. The minimum absolute atomic E-state index is 0.346. The van der Waals surface area contributed by atoms with Gasteiger partial charge in [0.25, 0.3) is 5.91 Å². The summed E-state index contributed by atoms with van der Waals surface area (Å²) in [4.78, 5) is 26.0. The van der Waals surface area contributed by atoms with E-state index >= 15 is 0 Å². The summed E-state index contributed by atoms with van der Waals surface area (Å²) in [6, 6.07) is 18.8. The Hall–Kier alpha value is -4.17. The number of benzene rings is 3. The summed E-state index contributed by atoms with van der Waals surface area (Å²) >= 11 is 0. The first-order valence-corrected chi connectivity index (χ1v) is 10.6. The van der Waals surface area contributed by atoms with Gasteiger partial charge >= 0.3 is 5.97 Å². The average molecular weight is 461 g/mol. The van der Waals surface area contributed by atoms with E-state index in [1.165, 1.54) is 12.1 Å². The number of fused-ring (bicyclic) bond motifs is 1. The quantitative estimate of drug-likeness (QED) is 0.434. The first-order valence-electron chi connectivity index (χ1n) is 10.6. The molecule has 0 saturated carbocycles. The first-order chi connectivity index (χ1) is 16.3. The van der Waals surface area contributed by atoms with E-state index in [0.717, 1.165) is 17.8 Å². The topological polar surface area (TPSA) is 90.9 Å². The number of amides is 1. The highest BCUT2D eigenvalue weighted by Gasteiger charge is 2.29. The maximum absolute atomic E-state index is 13.8. The minimum atomic E-state index is -1.09. The number of carbonyl (C=O) groups excluding carboxylic acids is 1. The summed E-state index contributed by atoms with van der Waals surface area (Å²) in [5, 5.41) is 15.0. The highest BCUT2D eigenvalue weighted by atomic mass is 19.1. The van der Waals surface area contributed by atoms with Crippen LogP contribution in [0.2, 0.25) is 0 Å². The Morgan fingerprint density at radius 1 is 1.09 bits per heavy atom. The number of carboxylic acid groups (broad SMARTS) is 1. The number of nitrogens with zero attached hydrogens (tertiary/aromatic N) is 1. The van der Waals surface area contributed by atoms with Crippen LogP contribution in [0, 0.1) is 5.82 Å². The Bertz CT molecular complexity index is 1270. The van der Waals surface area contributed by atoms with Crippen molar-refractivity contribution < 1.29 is 23.8 Å². The van der Waals surface area contributed by atoms with Gasteiger partial charge in [-0.05, 0) is 62.1 Å². The fourth-order valence-corrected chi connectivity index (χ4v) is 3.76. The third-order valence-corrected chi connectivity index (χ3v) is 5.18. The summed E-state index contributed by atoms with van der Waals surface area (Å²) < 4.78 is 19.1. The lowest BCUT2D eigenvalue weighted by atomic mass is 9.99. The molecule has 3 N–H and O–H groups in total. The summed E-state index contributed by atoms with van der Waals surface area (Å²) in [5.74, 6) is -1.57. The molecule has 1 aliphatic heterocycles. The lowest BCUT2D eigenvalue weighted by Crippen LogP contribution is -2.12. The number of halogens is 1. The van der Waals surface area contributed by atoms with Crippen LogP contribution in [-0.2, 0) is 16.1 Å². The molecule has 1 heterocycles.